The topological polar surface area (TPSA) is 33.0 Å². The lowest BCUT2D eigenvalue weighted by Gasteiger charge is -2.09. The molecule has 0 N–H and O–H groups in total. The van der Waals surface area contributed by atoms with Crippen LogP contribution in [0.25, 0.3) is 11.1 Å². The van der Waals surface area contributed by atoms with Crippen LogP contribution in [0.5, 0.6) is 5.75 Å². The maximum atomic E-state index is 14.3. The lowest BCUT2D eigenvalue weighted by Crippen LogP contribution is -1.98. The summed E-state index contributed by atoms with van der Waals surface area (Å²) in [4.78, 5) is 0. The average molecular weight is 325 g/mol. The van der Waals surface area contributed by atoms with Gasteiger partial charge in [-0.3, -0.25) is 0 Å². The van der Waals surface area contributed by atoms with Crippen molar-refractivity contribution in [2.45, 2.75) is 45.4 Å². The molecule has 0 aliphatic carbocycles. The predicted molar refractivity (Wildman–Crippen MR) is 95.4 cm³/mol. The van der Waals surface area contributed by atoms with E-state index in [1.54, 1.807) is 36.4 Å². The Labute approximate surface area is 143 Å². The molecule has 0 saturated carbocycles. The van der Waals surface area contributed by atoms with Crippen LogP contribution in [0, 0.1) is 17.1 Å². The summed E-state index contributed by atoms with van der Waals surface area (Å²) >= 11 is 0. The van der Waals surface area contributed by atoms with Crippen LogP contribution in [0.1, 0.15) is 51.0 Å². The minimum atomic E-state index is -0.305. The van der Waals surface area contributed by atoms with E-state index in [2.05, 4.69) is 13.0 Å². The van der Waals surface area contributed by atoms with Gasteiger partial charge in [-0.15, -0.1) is 0 Å². The summed E-state index contributed by atoms with van der Waals surface area (Å²) < 4.78 is 19.9. The molecule has 0 fully saturated rings. The van der Waals surface area contributed by atoms with E-state index in [0.717, 1.165) is 18.4 Å². The van der Waals surface area contributed by atoms with Crippen molar-refractivity contribution in [3.05, 3.63) is 53.8 Å². The largest absolute Gasteiger partial charge is 0.493 e. The third-order valence-electron chi connectivity index (χ3n) is 4.03. The van der Waals surface area contributed by atoms with Crippen LogP contribution < -0.4 is 4.74 Å². The van der Waals surface area contributed by atoms with E-state index in [1.807, 2.05) is 0 Å². The van der Waals surface area contributed by atoms with Crippen molar-refractivity contribution in [2.24, 2.45) is 0 Å². The maximum Gasteiger partial charge on any atom is 0.134 e. The van der Waals surface area contributed by atoms with Gasteiger partial charge >= 0.3 is 0 Å². The second-order valence-electron chi connectivity index (χ2n) is 5.95. The van der Waals surface area contributed by atoms with Crippen LogP contribution in [0.3, 0.4) is 0 Å². The molecule has 0 spiro atoms. The van der Waals surface area contributed by atoms with Gasteiger partial charge in [0.15, 0.2) is 0 Å². The van der Waals surface area contributed by atoms with Crippen LogP contribution in [0.4, 0.5) is 4.39 Å². The van der Waals surface area contributed by atoms with Crippen molar-refractivity contribution in [2.75, 3.05) is 6.61 Å². The summed E-state index contributed by atoms with van der Waals surface area (Å²) in [6.07, 6.45) is 7.23. The van der Waals surface area contributed by atoms with Crippen LogP contribution in [-0.2, 0) is 0 Å². The number of nitriles is 1. The smallest absolute Gasteiger partial charge is 0.134 e. The van der Waals surface area contributed by atoms with E-state index in [-0.39, 0.29) is 5.82 Å². The van der Waals surface area contributed by atoms with Crippen molar-refractivity contribution in [3.8, 4) is 22.9 Å². The summed E-state index contributed by atoms with van der Waals surface area (Å²) in [7, 11) is 0. The van der Waals surface area contributed by atoms with Crippen LogP contribution in [0.2, 0.25) is 0 Å². The van der Waals surface area contributed by atoms with Crippen LogP contribution in [0.15, 0.2) is 42.5 Å². The first-order valence-electron chi connectivity index (χ1n) is 8.67. The highest BCUT2D eigenvalue weighted by molar-refractivity contribution is 5.65. The Balaban J connectivity index is 1.86. The number of hydrogen-bond acceptors (Lipinski definition) is 2. The second kappa shape index (κ2) is 9.72. The number of nitrogens with zero attached hydrogens (tertiary/aromatic N) is 1. The van der Waals surface area contributed by atoms with Gasteiger partial charge < -0.3 is 4.74 Å². The van der Waals surface area contributed by atoms with E-state index in [0.29, 0.717) is 23.5 Å². The van der Waals surface area contributed by atoms with E-state index in [9.17, 15) is 4.39 Å². The minimum Gasteiger partial charge on any atom is -0.493 e. The van der Waals surface area contributed by atoms with Gasteiger partial charge in [0.2, 0.25) is 0 Å². The number of unbranched alkanes of at least 4 members (excludes halogenated alkanes) is 5. The monoisotopic (exact) mass is 325 g/mol. The molecule has 0 aromatic heterocycles. The Bertz CT molecular complexity index is 673. The number of rotatable bonds is 9. The Morgan fingerprint density at radius 1 is 0.958 bits per heavy atom. The van der Waals surface area contributed by atoms with E-state index in [4.69, 9.17) is 10.00 Å². The predicted octanol–water partition coefficient (Wildman–Crippen LogP) is 6.10. The standard InChI is InChI=1S/C21H24FNO/c1-2-3-4-5-6-7-14-24-19-12-13-20(21(22)15-19)18-10-8-17(16-23)9-11-18/h8-13,15H,2-7,14H2,1H3. The van der Waals surface area contributed by atoms with Crippen molar-refractivity contribution in [3.63, 3.8) is 0 Å². The molecule has 0 unspecified atom stereocenters. The van der Waals surface area contributed by atoms with Crippen molar-refractivity contribution in [1.29, 1.82) is 5.26 Å². The second-order valence-corrected chi connectivity index (χ2v) is 5.95. The average Bonchev–Trinajstić information content (AvgIpc) is 2.61. The van der Waals surface area contributed by atoms with Crippen molar-refractivity contribution >= 4 is 0 Å². The number of hydrogen-bond donors (Lipinski definition) is 0. The first kappa shape index (κ1) is 18.0. The Morgan fingerprint density at radius 3 is 2.33 bits per heavy atom. The first-order chi connectivity index (χ1) is 11.7. The zero-order chi connectivity index (χ0) is 17.2. The molecule has 0 radical (unpaired) electrons. The molecule has 0 atom stereocenters. The Kier molecular flexibility index (Phi) is 7.29. The molecule has 0 aliphatic rings. The summed E-state index contributed by atoms with van der Waals surface area (Å²) in [5, 5.41) is 8.81. The fourth-order valence-corrected chi connectivity index (χ4v) is 2.62. The summed E-state index contributed by atoms with van der Waals surface area (Å²) in [6, 6.07) is 13.9. The molecule has 2 aromatic rings. The molecule has 24 heavy (non-hydrogen) atoms. The fourth-order valence-electron chi connectivity index (χ4n) is 2.62. The number of ether oxygens (including phenoxy) is 1. The SMILES string of the molecule is CCCCCCCCOc1ccc(-c2ccc(C#N)cc2)c(F)c1. The summed E-state index contributed by atoms with van der Waals surface area (Å²) in [6.45, 7) is 2.83. The third kappa shape index (κ3) is 5.38. The zero-order valence-corrected chi connectivity index (χ0v) is 14.2. The minimum absolute atomic E-state index is 0.305. The van der Waals surface area contributed by atoms with Gasteiger partial charge in [-0.1, -0.05) is 51.2 Å². The molecule has 3 heteroatoms. The molecular weight excluding hydrogens is 301 g/mol. The lowest BCUT2D eigenvalue weighted by molar-refractivity contribution is 0.303. The number of benzene rings is 2. The molecule has 2 nitrogen and oxygen atoms in total. The van der Waals surface area contributed by atoms with Gasteiger partial charge in [0.1, 0.15) is 11.6 Å². The maximum absolute atomic E-state index is 14.3. The number of halogens is 1. The first-order valence-corrected chi connectivity index (χ1v) is 8.67. The summed E-state index contributed by atoms with van der Waals surface area (Å²) in [5.74, 6) is 0.263. The molecule has 126 valence electrons. The highest BCUT2D eigenvalue weighted by Gasteiger charge is 2.07. The van der Waals surface area contributed by atoms with Crippen LogP contribution >= 0.6 is 0 Å². The zero-order valence-electron chi connectivity index (χ0n) is 14.2. The molecule has 0 aliphatic heterocycles. The molecular formula is C21H24FNO. The van der Waals surface area contributed by atoms with E-state index >= 15 is 0 Å². The van der Waals surface area contributed by atoms with Crippen molar-refractivity contribution in [1.82, 2.24) is 0 Å². The fraction of sp³-hybridized carbons (Fsp3) is 0.381. The molecule has 2 rings (SSSR count). The van der Waals surface area contributed by atoms with Gasteiger partial charge in [-0.25, -0.2) is 4.39 Å². The van der Waals surface area contributed by atoms with Gasteiger partial charge in [0, 0.05) is 11.6 Å². The molecule has 0 saturated heterocycles. The lowest BCUT2D eigenvalue weighted by atomic mass is 10.0. The van der Waals surface area contributed by atoms with Crippen molar-refractivity contribution < 1.29 is 9.13 Å². The van der Waals surface area contributed by atoms with Gasteiger partial charge in [-0.2, -0.15) is 5.26 Å². The van der Waals surface area contributed by atoms with Gasteiger partial charge in [0.05, 0.1) is 18.2 Å². The molecule has 2 aromatic carbocycles. The van der Waals surface area contributed by atoms with Gasteiger partial charge in [-0.05, 0) is 36.2 Å². The molecule has 0 bridgehead atoms. The van der Waals surface area contributed by atoms with Gasteiger partial charge in [0.25, 0.3) is 0 Å². The highest BCUT2D eigenvalue weighted by Crippen LogP contribution is 2.26. The third-order valence-corrected chi connectivity index (χ3v) is 4.03. The highest BCUT2D eigenvalue weighted by atomic mass is 19.1. The quantitative estimate of drug-likeness (QED) is 0.522. The molecule has 0 heterocycles. The Hall–Kier alpha value is -2.34. The normalized spacial score (nSPS) is 10.4. The summed E-state index contributed by atoms with van der Waals surface area (Å²) in [5.41, 5.74) is 1.85. The molecule has 0 amide bonds. The Morgan fingerprint density at radius 2 is 1.67 bits per heavy atom. The van der Waals surface area contributed by atoms with E-state index in [1.165, 1.54) is 31.7 Å². The van der Waals surface area contributed by atoms with E-state index < -0.39 is 0 Å². The van der Waals surface area contributed by atoms with Crippen LogP contribution in [-0.4, -0.2) is 6.61 Å².